The van der Waals surface area contributed by atoms with E-state index in [9.17, 15) is 13.0 Å². The molecule has 0 unspecified atom stereocenters. The molecule has 0 aliphatic carbocycles. The van der Waals surface area contributed by atoms with E-state index in [-0.39, 0.29) is 4.90 Å². The summed E-state index contributed by atoms with van der Waals surface area (Å²) in [7, 11) is -7.84. The molecular weight excluding hydrogens is 421 g/mol. The molecule has 0 bridgehead atoms. The van der Waals surface area contributed by atoms with Crippen molar-refractivity contribution in [3.8, 4) is 11.5 Å². The average Bonchev–Trinajstić information content (AvgIpc) is 2.68. The minimum absolute atomic E-state index is 0.0112. The minimum atomic E-state index is -3.94. The van der Waals surface area contributed by atoms with Gasteiger partial charge in [-0.2, -0.15) is 4.72 Å². The zero-order valence-electron chi connectivity index (χ0n) is 14.6. The minimum Gasteiger partial charge on any atom is -0.415 e. The summed E-state index contributed by atoms with van der Waals surface area (Å²) in [6.07, 6.45) is -0.554. The van der Waals surface area contributed by atoms with E-state index in [0.29, 0.717) is 16.5 Å². The molecule has 0 fully saturated rings. The number of sulfonamides is 1. The summed E-state index contributed by atoms with van der Waals surface area (Å²) < 4.78 is 51.7. The zero-order valence-corrected chi connectivity index (χ0v) is 17.0. The van der Waals surface area contributed by atoms with Crippen LogP contribution < -0.4 is 13.8 Å². The highest BCUT2D eigenvalue weighted by atomic mass is 35.5. The van der Waals surface area contributed by atoms with Crippen molar-refractivity contribution in [2.45, 2.75) is 4.90 Å². The van der Waals surface area contributed by atoms with Gasteiger partial charge in [-0.05, 0) is 48.5 Å². The highest BCUT2D eigenvalue weighted by Gasteiger charge is 2.31. The second-order valence-electron chi connectivity index (χ2n) is 5.68. The summed E-state index contributed by atoms with van der Waals surface area (Å²) in [4.78, 5) is -0.0112. The molecule has 0 spiro atoms. The number of para-hydroxylation sites is 2. The first-order valence-corrected chi connectivity index (χ1v) is 11.8. The predicted molar refractivity (Wildman–Crippen MR) is 108 cm³/mol. The zero-order chi connectivity index (χ0) is 20.0. The lowest BCUT2D eigenvalue weighted by Crippen LogP contribution is -2.27. The Bertz CT molecular complexity index is 1010. The first kappa shape index (κ1) is 20.4. The second kappa shape index (κ2) is 8.80. The predicted octanol–water partition coefficient (Wildman–Crippen LogP) is 4.93. The molecule has 0 atom stereocenters. The summed E-state index contributed by atoms with van der Waals surface area (Å²) in [6, 6.07) is 22.4. The summed E-state index contributed by atoms with van der Waals surface area (Å²) in [5.41, 5.74) is 0. The van der Waals surface area contributed by atoms with Crippen molar-refractivity contribution in [3.05, 3.63) is 90.0 Å². The van der Waals surface area contributed by atoms with Crippen LogP contribution in [0.25, 0.3) is 0 Å². The Morgan fingerprint density at radius 1 is 0.786 bits per heavy atom. The van der Waals surface area contributed by atoms with Gasteiger partial charge in [0.15, 0.2) is 0 Å². The second-order valence-corrected chi connectivity index (χ2v) is 9.79. The molecular formula is C19H17ClNO5PS. The van der Waals surface area contributed by atoms with Crippen molar-refractivity contribution in [2.75, 3.05) is 6.29 Å². The molecule has 0 amide bonds. The van der Waals surface area contributed by atoms with Crippen molar-refractivity contribution in [3.63, 3.8) is 0 Å². The molecule has 0 radical (unpaired) electrons. The third kappa shape index (κ3) is 5.59. The van der Waals surface area contributed by atoms with Gasteiger partial charge in [0.2, 0.25) is 10.0 Å². The van der Waals surface area contributed by atoms with Crippen molar-refractivity contribution in [1.82, 2.24) is 4.72 Å². The molecule has 6 nitrogen and oxygen atoms in total. The third-order valence-corrected chi connectivity index (χ3v) is 6.95. The highest BCUT2D eigenvalue weighted by molar-refractivity contribution is 7.89. The van der Waals surface area contributed by atoms with E-state index in [0.717, 1.165) is 0 Å². The Hall–Kier alpha value is -2.31. The van der Waals surface area contributed by atoms with Crippen LogP contribution in [0.1, 0.15) is 0 Å². The van der Waals surface area contributed by atoms with Gasteiger partial charge >= 0.3 is 7.60 Å². The fourth-order valence-electron chi connectivity index (χ4n) is 2.23. The molecule has 0 heterocycles. The van der Waals surface area contributed by atoms with E-state index in [1.807, 2.05) is 0 Å². The van der Waals surface area contributed by atoms with Crippen LogP contribution in [0.5, 0.6) is 11.5 Å². The van der Waals surface area contributed by atoms with Gasteiger partial charge in [-0.3, -0.25) is 0 Å². The summed E-state index contributed by atoms with van der Waals surface area (Å²) >= 11 is 5.79. The Balaban J connectivity index is 1.82. The van der Waals surface area contributed by atoms with Gasteiger partial charge in [0.05, 0.1) is 4.90 Å². The largest absolute Gasteiger partial charge is 0.445 e. The molecule has 3 rings (SSSR count). The van der Waals surface area contributed by atoms with Crippen LogP contribution in [0, 0.1) is 0 Å². The summed E-state index contributed by atoms with van der Waals surface area (Å²) in [6.45, 7) is 0. The number of benzene rings is 3. The van der Waals surface area contributed by atoms with Crippen LogP contribution in [0.4, 0.5) is 0 Å². The maximum absolute atomic E-state index is 13.3. The molecule has 146 valence electrons. The third-order valence-electron chi connectivity index (χ3n) is 3.55. The van der Waals surface area contributed by atoms with Gasteiger partial charge in [0.25, 0.3) is 0 Å². The monoisotopic (exact) mass is 437 g/mol. The molecule has 3 aromatic carbocycles. The summed E-state index contributed by atoms with van der Waals surface area (Å²) in [5.74, 6) is 0.597. The molecule has 9 heteroatoms. The lowest BCUT2D eigenvalue weighted by atomic mass is 10.3. The van der Waals surface area contributed by atoms with Gasteiger partial charge in [-0.1, -0.05) is 48.0 Å². The quantitative estimate of drug-likeness (QED) is 0.505. The molecule has 0 saturated carbocycles. The van der Waals surface area contributed by atoms with Gasteiger partial charge in [0.1, 0.15) is 17.8 Å². The standard InChI is InChI=1S/C19H17ClNO5PS/c20-16-11-13-19(14-12-16)28(23,24)21-15-27(22,25-17-7-3-1-4-8-17)26-18-9-5-2-6-10-18/h1-14,21H,15H2. The first-order valence-electron chi connectivity index (χ1n) is 8.20. The molecule has 3 aromatic rings. The van der Waals surface area contributed by atoms with Crippen molar-refractivity contribution < 1.29 is 22.0 Å². The normalized spacial score (nSPS) is 11.8. The van der Waals surface area contributed by atoms with E-state index < -0.39 is 23.9 Å². The van der Waals surface area contributed by atoms with Gasteiger partial charge < -0.3 is 9.05 Å². The average molecular weight is 438 g/mol. The number of hydrogen-bond acceptors (Lipinski definition) is 5. The Morgan fingerprint density at radius 3 is 1.71 bits per heavy atom. The van der Waals surface area contributed by atoms with Crippen LogP contribution in [0.3, 0.4) is 0 Å². The van der Waals surface area contributed by atoms with Crippen LogP contribution in [-0.2, 0) is 14.6 Å². The molecule has 0 aliphatic heterocycles. The number of hydrogen-bond donors (Lipinski definition) is 1. The topological polar surface area (TPSA) is 81.7 Å². The maximum Gasteiger partial charge on any atom is 0.445 e. The van der Waals surface area contributed by atoms with E-state index >= 15 is 0 Å². The van der Waals surface area contributed by atoms with Crippen LogP contribution in [0.2, 0.25) is 5.02 Å². The Labute approximate surface area is 168 Å². The lowest BCUT2D eigenvalue weighted by Gasteiger charge is -2.20. The van der Waals surface area contributed by atoms with E-state index in [4.69, 9.17) is 20.6 Å². The fourth-order valence-corrected chi connectivity index (χ4v) is 5.38. The molecule has 0 aromatic heterocycles. The van der Waals surface area contributed by atoms with Gasteiger partial charge in [-0.25, -0.2) is 13.0 Å². The number of halogens is 1. The van der Waals surface area contributed by atoms with Crippen LogP contribution >= 0.6 is 19.2 Å². The lowest BCUT2D eigenvalue weighted by molar-refractivity contribution is 0.384. The van der Waals surface area contributed by atoms with Crippen molar-refractivity contribution in [2.24, 2.45) is 0 Å². The molecule has 1 N–H and O–H groups in total. The van der Waals surface area contributed by atoms with Crippen LogP contribution in [0.15, 0.2) is 89.8 Å². The number of rotatable bonds is 8. The SMILES string of the molecule is O=P(CNS(=O)(=O)c1ccc(Cl)cc1)(Oc1ccccc1)Oc1ccccc1. The summed E-state index contributed by atoms with van der Waals surface area (Å²) in [5, 5.41) is 0.407. The Morgan fingerprint density at radius 2 is 1.25 bits per heavy atom. The maximum atomic E-state index is 13.3. The highest BCUT2D eigenvalue weighted by Crippen LogP contribution is 2.47. The van der Waals surface area contributed by atoms with E-state index in [1.54, 1.807) is 60.7 Å². The van der Waals surface area contributed by atoms with E-state index in [2.05, 4.69) is 4.72 Å². The van der Waals surface area contributed by atoms with Crippen LogP contribution in [-0.4, -0.2) is 14.7 Å². The fraction of sp³-hybridized carbons (Fsp3) is 0.0526. The Kier molecular flexibility index (Phi) is 6.42. The molecule has 0 aliphatic rings. The van der Waals surface area contributed by atoms with Crippen molar-refractivity contribution >= 4 is 29.2 Å². The van der Waals surface area contributed by atoms with Gasteiger partial charge in [-0.15, -0.1) is 0 Å². The smallest absolute Gasteiger partial charge is 0.415 e. The van der Waals surface area contributed by atoms with E-state index in [1.165, 1.54) is 24.3 Å². The number of nitrogens with one attached hydrogen (secondary N) is 1. The molecule has 0 saturated heterocycles. The van der Waals surface area contributed by atoms with Gasteiger partial charge in [0, 0.05) is 5.02 Å². The first-order chi connectivity index (χ1) is 13.4. The van der Waals surface area contributed by atoms with Crippen molar-refractivity contribution in [1.29, 1.82) is 0 Å². The molecule has 28 heavy (non-hydrogen) atoms.